The Bertz CT molecular complexity index is 1340. The van der Waals surface area contributed by atoms with Crippen molar-refractivity contribution in [3.8, 4) is 5.75 Å². The lowest BCUT2D eigenvalue weighted by Crippen LogP contribution is -2.30. The summed E-state index contributed by atoms with van der Waals surface area (Å²) < 4.78 is 37.1. The molecule has 0 atom stereocenters. The van der Waals surface area contributed by atoms with Crippen LogP contribution in [-0.2, 0) is 17.9 Å². The smallest absolute Gasteiger partial charge is 0.490 e. The molecule has 2 N–H and O–H groups in total. The van der Waals surface area contributed by atoms with Crippen LogP contribution in [0.5, 0.6) is 5.75 Å². The number of nitrogens with zero attached hydrogens (tertiary/aromatic N) is 2. The van der Waals surface area contributed by atoms with Gasteiger partial charge in [-0.25, -0.2) is 4.79 Å². The van der Waals surface area contributed by atoms with Crippen LogP contribution in [0.15, 0.2) is 66.7 Å². The molecule has 220 valence electrons. The van der Waals surface area contributed by atoms with E-state index in [9.17, 15) is 18.0 Å². The highest BCUT2D eigenvalue weighted by atomic mass is 35.5. The summed E-state index contributed by atoms with van der Waals surface area (Å²) in [5.41, 5.74) is 3.69. The van der Waals surface area contributed by atoms with Gasteiger partial charge in [0.05, 0.1) is 17.2 Å². The molecule has 0 aromatic heterocycles. The fourth-order valence-electron chi connectivity index (χ4n) is 4.22. The third kappa shape index (κ3) is 10.6. The second kappa shape index (κ2) is 15.1. The first kappa shape index (κ1) is 32.2. The highest BCUT2D eigenvalue weighted by Crippen LogP contribution is 2.23. The number of carboxylic acid groups (broad SMARTS) is 1. The van der Waals surface area contributed by atoms with E-state index in [2.05, 4.69) is 33.3 Å². The minimum absolute atomic E-state index is 0.210. The Morgan fingerprint density at radius 2 is 1.46 bits per heavy atom. The molecule has 1 aliphatic heterocycles. The molecule has 1 saturated heterocycles. The number of anilines is 1. The van der Waals surface area contributed by atoms with E-state index in [0.717, 1.165) is 57.1 Å². The Hall–Kier alpha value is -3.31. The predicted molar refractivity (Wildman–Crippen MR) is 153 cm³/mol. The van der Waals surface area contributed by atoms with Gasteiger partial charge < -0.3 is 15.2 Å². The van der Waals surface area contributed by atoms with E-state index in [1.54, 1.807) is 25.3 Å². The number of ether oxygens (including phenoxy) is 1. The summed E-state index contributed by atoms with van der Waals surface area (Å²) in [6.45, 7) is 5.93. The zero-order valence-corrected chi connectivity index (χ0v) is 23.8. The van der Waals surface area contributed by atoms with E-state index in [4.69, 9.17) is 37.8 Å². The number of benzene rings is 3. The molecule has 1 amide bonds. The summed E-state index contributed by atoms with van der Waals surface area (Å²) in [5, 5.41) is 10.9. The molecule has 1 fully saturated rings. The van der Waals surface area contributed by atoms with Gasteiger partial charge in [0.25, 0.3) is 5.91 Å². The van der Waals surface area contributed by atoms with Gasteiger partial charge in [0.1, 0.15) is 5.75 Å². The number of amides is 1. The molecule has 1 heterocycles. The minimum atomic E-state index is -5.08. The van der Waals surface area contributed by atoms with E-state index in [1.807, 2.05) is 30.3 Å². The number of hydrogen-bond acceptors (Lipinski definition) is 5. The standard InChI is InChI=1S/C27H29Cl2N3O2.C2HF3O2/c1-34-24-8-3-6-21(16-24)19-32-12-4-11-31(13-14-32)18-20-5-2-7-23(15-20)30-27(33)22-9-10-25(28)26(29)17-22;3-2(4,5)1(6)7/h2-3,5-10,15-17H,4,11-14,18-19H2,1H3,(H,30,33);(H,6,7). The maximum atomic E-state index is 12.6. The zero-order valence-electron chi connectivity index (χ0n) is 22.3. The molecule has 0 aliphatic carbocycles. The van der Waals surface area contributed by atoms with Crippen molar-refractivity contribution in [1.82, 2.24) is 9.80 Å². The van der Waals surface area contributed by atoms with Gasteiger partial charge in [-0.1, -0.05) is 47.5 Å². The van der Waals surface area contributed by atoms with E-state index < -0.39 is 12.1 Å². The molecule has 3 aromatic rings. The van der Waals surface area contributed by atoms with E-state index in [-0.39, 0.29) is 5.91 Å². The van der Waals surface area contributed by atoms with Gasteiger partial charge in [-0.3, -0.25) is 14.6 Å². The number of carboxylic acids is 1. The average molecular weight is 612 g/mol. The third-order valence-corrected chi connectivity index (χ3v) is 6.98. The van der Waals surface area contributed by atoms with Crippen LogP contribution in [0.3, 0.4) is 0 Å². The lowest BCUT2D eigenvalue weighted by atomic mass is 10.1. The summed E-state index contributed by atoms with van der Waals surface area (Å²) in [6.07, 6.45) is -3.96. The van der Waals surface area contributed by atoms with Gasteiger partial charge in [0.2, 0.25) is 0 Å². The first-order chi connectivity index (χ1) is 19.4. The number of aliphatic carboxylic acids is 1. The van der Waals surface area contributed by atoms with Crippen LogP contribution in [0.4, 0.5) is 18.9 Å². The highest BCUT2D eigenvalue weighted by molar-refractivity contribution is 6.42. The molecule has 7 nitrogen and oxygen atoms in total. The third-order valence-electron chi connectivity index (χ3n) is 6.24. The van der Waals surface area contributed by atoms with Crippen LogP contribution >= 0.6 is 23.2 Å². The van der Waals surface area contributed by atoms with Gasteiger partial charge in [0.15, 0.2) is 0 Å². The van der Waals surface area contributed by atoms with E-state index in [1.165, 1.54) is 11.1 Å². The number of halogens is 5. The highest BCUT2D eigenvalue weighted by Gasteiger charge is 2.38. The predicted octanol–water partition coefficient (Wildman–Crippen LogP) is 6.60. The summed E-state index contributed by atoms with van der Waals surface area (Å²) in [7, 11) is 1.71. The fraction of sp³-hybridized carbons (Fsp3) is 0.310. The molecule has 41 heavy (non-hydrogen) atoms. The lowest BCUT2D eigenvalue weighted by Gasteiger charge is -2.22. The number of methoxy groups -OCH3 is 1. The fourth-order valence-corrected chi connectivity index (χ4v) is 4.51. The minimum Gasteiger partial charge on any atom is -0.497 e. The molecule has 0 saturated carbocycles. The van der Waals surface area contributed by atoms with Gasteiger partial charge in [-0.2, -0.15) is 13.2 Å². The molecule has 4 rings (SSSR count). The van der Waals surface area contributed by atoms with Gasteiger partial charge in [0, 0.05) is 37.4 Å². The monoisotopic (exact) mass is 611 g/mol. The van der Waals surface area contributed by atoms with Gasteiger partial charge >= 0.3 is 12.1 Å². The lowest BCUT2D eigenvalue weighted by molar-refractivity contribution is -0.192. The molecule has 0 unspecified atom stereocenters. The second-order valence-corrected chi connectivity index (χ2v) is 10.2. The zero-order chi connectivity index (χ0) is 30.0. The molecule has 3 aromatic carbocycles. The Balaban J connectivity index is 0.000000587. The Kier molecular flexibility index (Phi) is 11.8. The number of hydrogen-bond donors (Lipinski definition) is 2. The number of alkyl halides is 3. The number of rotatable bonds is 7. The van der Waals surface area contributed by atoms with Crippen molar-refractivity contribution >= 4 is 40.8 Å². The number of carbonyl (C=O) groups is 2. The van der Waals surface area contributed by atoms with Crippen LogP contribution in [-0.4, -0.2) is 66.2 Å². The topological polar surface area (TPSA) is 82.1 Å². The summed E-state index contributed by atoms with van der Waals surface area (Å²) >= 11 is 12.0. The maximum absolute atomic E-state index is 12.6. The number of carbonyl (C=O) groups excluding carboxylic acids is 1. The van der Waals surface area contributed by atoms with Crippen LogP contribution in [0.25, 0.3) is 0 Å². The summed E-state index contributed by atoms with van der Waals surface area (Å²) in [5.74, 6) is -2.06. The van der Waals surface area contributed by atoms with Crippen molar-refractivity contribution in [1.29, 1.82) is 0 Å². The Morgan fingerprint density at radius 3 is 2.02 bits per heavy atom. The van der Waals surface area contributed by atoms with Crippen molar-refractivity contribution < 1.29 is 32.6 Å². The molecular formula is C29H30Cl2F3N3O4. The molecule has 12 heteroatoms. The Morgan fingerprint density at radius 1 is 0.878 bits per heavy atom. The molecule has 0 spiro atoms. The summed E-state index contributed by atoms with van der Waals surface area (Å²) in [6, 6.07) is 21.2. The van der Waals surface area contributed by atoms with Crippen molar-refractivity contribution in [3.05, 3.63) is 93.5 Å². The van der Waals surface area contributed by atoms with E-state index >= 15 is 0 Å². The largest absolute Gasteiger partial charge is 0.497 e. The maximum Gasteiger partial charge on any atom is 0.490 e. The van der Waals surface area contributed by atoms with Crippen molar-refractivity contribution in [2.24, 2.45) is 0 Å². The van der Waals surface area contributed by atoms with Crippen molar-refractivity contribution in [3.63, 3.8) is 0 Å². The average Bonchev–Trinajstić information content (AvgIpc) is 3.15. The summed E-state index contributed by atoms with van der Waals surface area (Å²) in [4.78, 5) is 26.5. The van der Waals surface area contributed by atoms with Crippen molar-refractivity contribution in [2.75, 3.05) is 38.6 Å². The molecule has 0 bridgehead atoms. The van der Waals surface area contributed by atoms with E-state index in [0.29, 0.717) is 15.6 Å². The molecule has 0 radical (unpaired) electrons. The SMILES string of the molecule is COc1cccc(CN2CCCN(Cc3cccc(NC(=O)c4ccc(Cl)c(Cl)c4)c3)CC2)c1.O=C(O)C(F)(F)F. The van der Waals surface area contributed by atoms with Crippen LogP contribution < -0.4 is 10.1 Å². The van der Waals surface area contributed by atoms with Crippen LogP contribution in [0, 0.1) is 0 Å². The first-order valence-electron chi connectivity index (χ1n) is 12.7. The molecular weight excluding hydrogens is 582 g/mol. The quantitative estimate of drug-likeness (QED) is 0.313. The number of nitrogens with one attached hydrogen (secondary N) is 1. The van der Waals surface area contributed by atoms with Gasteiger partial charge in [-0.05, 0) is 73.1 Å². The second-order valence-electron chi connectivity index (χ2n) is 9.34. The van der Waals surface area contributed by atoms with Crippen LogP contribution in [0.1, 0.15) is 27.9 Å². The van der Waals surface area contributed by atoms with Gasteiger partial charge in [-0.15, -0.1) is 0 Å². The molecule has 1 aliphatic rings. The first-order valence-corrected chi connectivity index (χ1v) is 13.4. The Labute approximate surface area is 246 Å². The normalized spacial score (nSPS) is 14.4. The van der Waals surface area contributed by atoms with Crippen LogP contribution in [0.2, 0.25) is 10.0 Å². The van der Waals surface area contributed by atoms with Crippen molar-refractivity contribution in [2.45, 2.75) is 25.7 Å².